The molecule has 7 aromatic rings. The highest BCUT2D eigenvalue weighted by Gasteiger charge is 2.37. The van der Waals surface area contributed by atoms with Crippen LogP contribution in [0.15, 0.2) is 133 Å². The van der Waals surface area contributed by atoms with Crippen molar-refractivity contribution in [3.8, 4) is 28.0 Å². The van der Waals surface area contributed by atoms with Gasteiger partial charge in [-0.05, 0) is 91.7 Å². The molecule has 0 saturated carbocycles. The predicted octanol–water partition coefficient (Wildman–Crippen LogP) is 12.1. The summed E-state index contributed by atoms with van der Waals surface area (Å²) in [5.41, 5.74) is 14.0. The quantitative estimate of drug-likeness (QED) is 0.185. The molecule has 228 valence electrons. The molecule has 7 aromatic carbocycles. The fourth-order valence-corrected chi connectivity index (χ4v) is 8.53. The van der Waals surface area contributed by atoms with Crippen LogP contribution >= 0.6 is 0 Å². The van der Waals surface area contributed by atoms with Crippen LogP contribution in [0.2, 0.25) is 0 Å². The number of benzene rings is 7. The van der Waals surface area contributed by atoms with Gasteiger partial charge < -0.3 is 9.64 Å². The van der Waals surface area contributed by atoms with E-state index in [1.165, 1.54) is 55.3 Å². The van der Waals surface area contributed by atoms with Gasteiger partial charge in [-0.1, -0.05) is 125 Å². The van der Waals surface area contributed by atoms with Crippen molar-refractivity contribution in [2.45, 2.75) is 38.5 Å². The van der Waals surface area contributed by atoms with Crippen LogP contribution in [-0.4, -0.2) is 7.11 Å². The standard InChI is InChI=1S/C45H37NO/c1-44(2)37-16-10-8-14-32(37)34-22-19-29(26-39(34)44)46(30-20-23-35-33-15-9-11-17-38(33)45(3,4)40(35)27-30)41-24-25-42(47-5)43-31-13-7-6-12-28(31)18-21-36(41)43/h6-27H,1-5H3. The van der Waals surface area contributed by atoms with Crippen molar-refractivity contribution < 1.29 is 4.74 Å². The van der Waals surface area contributed by atoms with E-state index in [0.717, 1.165) is 33.6 Å². The Balaban J connectivity index is 1.32. The Morgan fingerprint density at radius 1 is 0.468 bits per heavy atom. The summed E-state index contributed by atoms with van der Waals surface area (Å²) < 4.78 is 6.01. The second-order valence-electron chi connectivity index (χ2n) is 14.1. The molecule has 0 aromatic heterocycles. The lowest BCUT2D eigenvalue weighted by atomic mass is 9.82. The van der Waals surface area contributed by atoms with Crippen molar-refractivity contribution in [2.24, 2.45) is 0 Å². The van der Waals surface area contributed by atoms with Crippen LogP contribution in [-0.2, 0) is 10.8 Å². The number of ether oxygens (including phenoxy) is 1. The van der Waals surface area contributed by atoms with Crippen molar-refractivity contribution in [2.75, 3.05) is 12.0 Å². The largest absolute Gasteiger partial charge is 0.496 e. The smallest absolute Gasteiger partial charge is 0.127 e. The third-order valence-electron chi connectivity index (χ3n) is 11.0. The van der Waals surface area contributed by atoms with Crippen molar-refractivity contribution in [3.05, 3.63) is 156 Å². The highest BCUT2D eigenvalue weighted by atomic mass is 16.5. The zero-order valence-corrected chi connectivity index (χ0v) is 27.6. The van der Waals surface area contributed by atoms with Gasteiger partial charge in [0.1, 0.15) is 5.75 Å². The SMILES string of the molecule is COc1ccc(N(c2ccc3c(c2)C(C)(C)c2ccccc2-3)c2ccc3c(c2)C(C)(C)c2ccccc2-3)c2ccc3ccccc3c12. The summed E-state index contributed by atoms with van der Waals surface area (Å²) in [6, 6.07) is 49.4. The van der Waals surface area contributed by atoms with E-state index < -0.39 is 0 Å². The van der Waals surface area contributed by atoms with Gasteiger partial charge in [-0.25, -0.2) is 0 Å². The molecule has 2 aliphatic carbocycles. The topological polar surface area (TPSA) is 12.5 Å². The first-order chi connectivity index (χ1) is 22.8. The third-order valence-corrected chi connectivity index (χ3v) is 11.0. The molecular formula is C45H37NO. The van der Waals surface area contributed by atoms with E-state index in [4.69, 9.17) is 4.74 Å². The Kier molecular flexibility index (Phi) is 5.84. The summed E-state index contributed by atoms with van der Waals surface area (Å²) in [4.78, 5) is 2.47. The normalized spacial score (nSPS) is 14.8. The minimum absolute atomic E-state index is 0.104. The number of hydrogen-bond acceptors (Lipinski definition) is 2. The van der Waals surface area contributed by atoms with E-state index in [1.807, 2.05) is 0 Å². The highest BCUT2D eigenvalue weighted by Crippen LogP contribution is 2.54. The molecular weight excluding hydrogens is 571 g/mol. The molecule has 9 rings (SSSR count). The first-order valence-corrected chi connectivity index (χ1v) is 16.6. The van der Waals surface area contributed by atoms with Gasteiger partial charge >= 0.3 is 0 Å². The summed E-state index contributed by atoms with van der Waals surface area (Å²) in [5.74, 6) is 0.886. The molecule has 0 aliphatic heterocycles. The van der Waals surface area contributed by atoms with Gasteiger partial charge in [0.05, 0.1) is 12.8 Å². The minimum atomic E-state index is -0.104. The monoisotopic (exact) mass is 607 g/mol. The Morgan fingerprint density at radius 2 is 1.00 bits per heavy atom. The lowest BCUT2D eigenvalue weighted by Crippen LogP contribution is -2.18. The fourth-order valence-electron chi connectivity index (χ4n) is 8.53. The van der Waals surface area contributed by atoms with Crippen LogP contribution in [0.25, 0.3) is 43.8 Å². The van der Waals surface area contributed by atoms with E-state index in [1.54, 1.807) is 7.11 Å². The van der Waals surface area contributed by atoms with Gasteiger partial charge in [0.25, 0.3) is 0 Å². The van der Waals surface area contributed by atoms with E-state index in [-0.39, 0.29) is 10.8 Å². The molecule has 0 atom stereocenters. The molecule has 0 N–H and O–H groups in total. The molecule has 0 heterocycles. The second-order valence-corrected chi connectivity index (χ2v) is 14.1. The summed E-state index contributed by atoms with van der Waals surface area (Å²) in [7, 11) is 1.77. The predicted molar refractivity (Wildman–Crippen MR) is 198 cm³/mol. The maximum absolute atomic E-state index is 6.01. The van der Waals surface area contributed by atoms with E-state index in [2.05, 4.69) is 166 Å². The number of anilines is 3. The first-order valence-electron chi connectivity index (χ1n) is 16.6. The molecule has 47 heavy (non-hydrogen) atoms. The fraction of sp³-hybridized carbons (Fsp3) is 0.156. The molecule has 0 saturated heterocycles. The molecule has 0 unspecified atom stereocenters. The Morgan fingerprint density at radius 3 is 1.60 bits per heavy atom. The van der Waals surface area contributed by atoms with E-state index in [9.17, 15) is 0 Å². The van der Waals surface area contributed by atoms with Gasteiger partial charge in [-0.3, -0.25) is 0 Å². The molecule has 2 nitrogen and oxygen atoms in total. The maximum atomic E-state index is 6.01. The van der Waals surface area contributed by atoms with Crippen LogP contribution in [0.5, 0.6) is 5.75 Å². The van der Waals surface area contributed by atoms with E-state index >= 15 is 0 Å². The summed E-state index contributed by atoms with van der Waals surface area (Å²) >= 11 is 0. The zero-order chi connectivity index (χ0) is 32.1. The number of methoxy groups -OCH3 is 1. The lowest BCUT2D eigenvalue weighted by Gasteiger charge is -2.31. The average molecular weight is 608 g/mol. The number of nitrogens with zero attached hydrogens (tertiary/aromatic N) is 1. The van der Waals surface area contributed by atoms with Crippen molar-refractivity contribution >= 4 is 38.6 Å². The van der Waals surface area contributed by atoms with Crippen molar-refractivity contribution in [1.82, 2.24) is 0 Å². The average Bonchev–Trinajstić information content (AvgIpc) is 3.47. The lowest BCUT2D eigenvalue weighted by molar-refractivity contribution is 0.420. The first kappa shape index (κ1) is 27.9. The van der Waals surface area contributed by atoms with Gasteiger partial charge in [-0.2, -0.15) is 0 Å². The number of hydrogen-bond donors (Lipinski definition) is 0. The molecule has 2 aliphatic rings. The van der Waals surface area contributed by atoms with Crippen LogP contribution in [0.3, 0.4) is 0 Å². The zero-order valence-electron chi connectivity index (χ0n) is 27.6. The summed E-state index contributed by atoms with van der Waals surface area (Å²) in [5, 5.41) is 4.70. The van der Waals surface area contributed by atoms with Crippen LogP contribution < -0.4 is 9.64 Å². The van der Waals surface area contributed by atoms with Gasteiger partial charge in [0, 0.05) is 33.0 Å². The molecule has 0 radical (unpaired) electrons. The van der Waals surface area contributed by atoms with Gasteiger partial charge in [0.15, 0.2) is 0 Å². The maximum Gasteiger partial charge on any atom is 0.127 e. The number of fused-ring (bicyclic) bond motifs is 9. The van der Waals surface area contributed by atoms with Gasteiger partial charge in [-0.15, -0.1) is 0 Å². The van der Waals surface area contributed by atoms with Crippen LogP contribution in [0.1, 0.15) is 49.9 Å². The number of rotatable bonds is 4. The molecule has 0 spiro atoms. The van der Waals surface area contributed by atoms with Crippen molar-refractivity contribution in [3.63, 3.8) is 0 Å². The minimum Gasteiger partial charge on any atom is -0.496 e. The van der Waals surface area contributed by atoms with Gasteiger partial charge in [0.2, 0.25) is 0 Å². The van der Waals surface area contributed by atoms with E-state index in [0.29, 0.717) is 0 Å². The van der Waals surface area contributed by atoms with Crippen LogP contribution in [0, 0.1) is 0 Å². The Bertz CT molecular complexity index is 2310. The van der Waals surface area contributed by atoms with Crippen LogP contribution in [0.4, 0.5) is 17.1 Å². The molecule has 0 amide bonds. The third kappa shape index (κ3) is 3.85. The molecule has 2 heteroatoms. The Hall–Kier alpha value is -5.34. The highest BCUT2D eigenvalue weighted by molar-refractivity contribution is 6.15. The summed E-state index contributed by atoms with van der Waals surface area (Å²) in [6.45, 7) is 9.43. The van der Waals surface area contributed by atoms with Crippen molar-refractivity contribution in [1.29, 1.82) is 0 Å². The second kappa shape index (κ2) is 9.83. The molecule has 0 bridgehead atoms. The summed E-state index contributed by atoms with van der Waals surface area (Å²) in [6.07, 6.45) is 0. The molecule has 0 fully saturated rings. The Labute approximate surface area is 276 Å².